The van der Waals surface area contributed by atoms with Gasteiger partial charge in [0.25, 0.3) is 0 Å². The Bertz CT molecular complexity index is 871. The lowest BCUT2D eigenvalue weighted by atomic mass is 9.96. The molecule has 0 aromatic carbocycles. The fraction of sp³-hybridized carbons (Fsp3) is 0.727. The molecule has 2 radical (unpaired) electrons. The Balaban J connectivity index is 1.28. The smallest absolute Gasteiger partial charge is 0.137 e. The van der Waals surface area contributed by atoms with Crippen molar-refractivity contribution >= 4 is 14.8 Å². The lowest BCUT2D eigenvalue weighted by Gasteiger charge is -2.12. The molecule has 210 valence electrons. The summed E-state index contributed by atoms with van der Waals surface area (Å²) in [4.78, 5) is 13.9. The standard InChI is InChI=1S/C33H53N3OSi/c1-4-5-9-14-27(2)15-10-8-11-16-28(3)26-38-33-25-34-24-32(36-33)31-21-20-30(23-35-31)37-22-13-7-6-12-17-29-18-19-29/h20-21,23-25,27-29H,4-19,22,26H2,1-3H3. The van der Waals surface area contributed by atoms with Crippen molar-refractivity contribution in [3.63, 3.8) is 0 Å². The Hall–Kier alpha value is -1.75. The number of pyridine rings is 1. The summed E-state index contributed by atoms with van der Waals surface area (Å²) in [6, 6.07) is 5.22. The van der Waals surface area contributed by atoms with Gasteiger partial charge in [0, 0.05) is 11.5 Å². The molecular formula is C33H53N3OSi. The first-order valence-corrected chi connectivity index (χ1v) is 17.0. The topological polar surface area (TPSA) is 47.9 Å². The van der Waals surface area contributed by atoms with Gasteiger partial charge in [-0.25, -0.2) is 0 Å². The van der Waals surface area contributed by atoms with Crippen LogP contribution in [0.25, 0.3) is 11.4 Å². The van der Waals surface area contributed by atoms with Crippen molar-refractivity contribution < 1.29 is 4.74 Å². The van der Waals surface area contributed by atoms with E-state index in [-0.39, 0.29) is 0 Å². The number of unbranched alkanes of at least 4 members (excludes halogenated alkanes) is 7. The highest BCUT2D eigenvalue weighted by Crippen LogP contribution is 2.34. The summed E-state index contributed by atoms with van der Waals surface area (Å²) in [6.07, 6.45) is 27.5. The van der Waals surface area contributed by atoms with Crippen LogP contribution in [-0.4, -0.2) is 31.1 Å². The minimum Gasteiger partial charge on any atom is -0.492 e. The van der Waals surface area contributed by atoms with Crippen LogP contribution in [0, 0.1) is 17.8 Å². The van der Waals surface area contributed by atoms with Crippen LogP contribution in [0.2, 0.25) is 6.04 Å². The van der Waals surface area contributed by atoms with Gasteiger partial charge in [-0.05, 0) is 36.3 Å². The number of nitrogens with zero attached hydrogens (tertiary/aromatic N) is 3. The van der Waals surface area contributed by atoms with Crippen molar-refractivity contribution in [3.05, 3.63) is 30.7 Å². The van der Waals surface area contributed by atoms with Gasteiger partial charge in [-0.15, -0.1) is 0 Å². The maximum Gasteiger partial charge on any atom is 0.137 e. The van der Waals surface area contributed by atoms with Gasteiger partial charge in [0.05, 0.1) is 24.7 Å². The zero-order valence-electron chi connectivity index (χ0n) is 24.6. The summed E-state index contributed by atoms with van der Waals surface area (Å²) in [7, 11) is 0.706. The van der Waals surface area contributed by atoms with Crippen LogP contribution in [0.3, 0.4) is 0 Å². The van der Waals surface area contributed by atoms with E-state index in [1.807, 2.05) is 30.7 Å². The zero-order chi connectivity index (χ0) is 26.8. The molecule has 0 amide bonds. The fourth-order valence-electron chi connectivity index (χ4n) is 5.11. The molecule has 2 unspecified atom stereocenters. The van der Waals surface area contributed by atoms with Gasteiger partial charge in [0.1, 0.15) is 21.0 Å². The lowest BCUT2D eigenvalue weighted by molar-refractivity contribution is 0.303. The molecule has 3 rings (SSSR count). The largest absolute Gasteiger partial charge is 0.492 e. The minimum atomic E-state index is 0.706. The van der Waals surface area contributed by atoms with E-state index in [0.717, 1.165) is 53.2 Å². The lowest BCUT2D eigenvalue weighted by Crippen LogP contribution is -2.21. The van der Waals surface area contributed by atoms with Crippen molar-refractivity contribution in [2.45, 2.75) is 130 Å². The first-order valence-electron chi connectivity index (χ1n) is 15.8. The quantitative estimate of drug-likeness (QED) is 0.112. The van der Waals surface area contributed by atoms with E-state index in [4.69, 9.17) is 9.72 Å². The van der Waals surface area contributed by atoms with Gasteiger partial charge in [-0.2, -0.15) is 0 Å². The van der Waals surface area contributed by atoms with Crippen molar-refractivity contribution in [1.29, 1.82) is 0 Å². The molecule has 2 heterocycles. The van der Waals surface area contributed by atoms with E-state index in [9.17, 15) is 0 Å². The summed E-state index contributed by atoms with van der Waals surface area (Å²) in [5, 5.41) is 1.10. The molecule has 0 bridgehead atoms. The molecule has 0 saturated heterocycles. The molecule has 2 aromatic rings. The molecule has 1 saturated carbocycles. The molecule has 4 nitrogen and oxygen atoms in total. The second-order valence-electron chi connectivity index (χ2n) is 11.9. The van der Waals surface area contributed by atoms with Crippen LogP contribution in [0.4, 0.5) is 0 Å². The second kappa shape index (κ2) is 18.5. The summed E-state index contributed by atoms with van der Waals surface area (Å²) in [5.74, 6) is 3.55. The molecule has 1 aliphatic carbocycles. The Morgan fingerprint density at radius 1 is 0.816 bits per heavy atom. The number of aromatic nitrogens is 3. The minimum absolute atomic E-state index is 0.706. The zero-order valence-corrected chi connectivity index (χ0v) is 25.6. The van der Waals surface area contributed by atoms with Crippen LogP contribution >= 0.6 is 0 Å². The van der Waals surface area contributed by atoms with E-state index in [0.29, 0.717) is 9.52 Å². The first-order chi connectivity index (χ1) is 18.6. The van der Waals surface area contributed by atoms with Crippen LogP contribution < -0.4 is 10.1 Å². The van der Waals surface area contributed by atoms with E-state index in [1.54, 1.807) is 0 Å². The van der Waals surface area contributed by atoms with Gasteiger partial charge < -0.3 is 4.74 Å². The SMILES string of the molecule is CCCCCC(C)CCCCCC(C)C[Si]c1cncc(-c2ccc(OCCCCCCC3CC3)cn2)n1. The average molecular weight is 536 g/mol. The average Bonchev–Trinajstić information content (AvgIpc) is 3.76. The maximum atomic E-state index is 5.91. The fourth-order valence-corrected chi connectivity index (χ4v) is 6.23. The van der Waals surface area contributed by atoms with Crippen LogP contribution in [-0.2, 0) is 0 Å². The van der Waals surface area contributed by atoms with E-state index < -0.39 is 0 Å². The van der Waals surface area contributed by atoms with Gasteiger partial charge in [0.15, 0.2) is 0 Å². The van der Waals surface area contributed by atoms with Gasteiger partial charge in [-0.1, -0.05) is 123 Å². The summed E-state index contributed by atoms with van der Waals surface area (Å²) >= 11 is 0. The monoisotopic (exact) mass is 535 g/mol. The third-order valence-electron chi connectivity index (χ3n) is 7.93. The molecule has 38 heavy (non-hydrogen) atoms. The van der Waals surface area contributed by atoms with Crippen molar-refractivity contribution in [2.24, 2.45) is 17.8 Å². The number of ether oxygens (including phenoxy) is 1. The molecule has 0 spiro atoms. The molecule has 0 N–H and O–H groups in total. The van der Waals surface area contributed by atoms with Crippen LogP contribution in [0.15, 0.2) is 30.7 Å². The summed E-state index contributed by atoms with van der Waals surface area (Å²) in [5.41, 5.74) is 1.73. The summed E-state index contributed by atoms with van der Waals surface area (Å²) < 4.78 is 5.91. The van der Waals surface area contributed by atoms with Crippen LogP contribution in [0.5, 0.6) is 5.75 Å². The molecule has 1 aliphatic rings. The predicted molar refractivity (Wildman–Crippen MR) is 162 cm³/mol. The number of rotatable bonds is 22. The highest BCUT2D eigenvalue weighted by Gasteiger charge is 2.19. The van der Waals surface area contributed by atoms with E-state index in [2.05, 4.69) is 30.7 Å². The number of hydrogen-bond donors (Lipinski definition) is 0. The van der Waals surface area contributed by atoms with Crippen molar-refractivity contribution in [1.82, 2.24) is 15.0 Å². The molecule has 5 heteroatoms. The highest BCUT2D eigenvalue weighted by atomic mass is 28.2. The van der Waals surface area contributed by atoms with Crippen LogP contribution in [0.1, 0.15) is 124 Å². The predicted octanol–water partition coefficient (Wildman–Crippen LogP) is 8.83. The summed E-state index contributed by atoms with van der Waals surface area (Å²) in [6.45, 7) is 7.90. The highest BCUT2D eigenvalue weighted by molar-refractivity contribution is 6.52. The third-order valence-corrected chi connectivity index (χ3v) is 9.44. The Labute approximate surface area is 236 Å². The molecule has 0 aliphatic heterocycles. The maximum absolute atomic E-state index is 5.91. The van der Waals surface area contributed by atoms with Gasteiger partial charge in [0.2, 0.25) is 0 Å². The Kier molecular flexibility index (Phi) is 15.0. The Morgan fingerprint density at radius 3 is 2.29 bits per heavy atom. The normalized spacial score (nSPS) is 14.9. The Morgan fingerprint density at radius 2 is 1.55 bits per heavy atom. The van der Waals surface area contributed by atoms with E-state index in [1.165, 1.54) is 102 Å². The van der Waals surface area contributed by atoms with Gasteiger partial charge >= 0.3 is 0 Å². The molecule has 2 aromatic heterocycles. The molecule has 2 atom stereocenters. The first kappa shape index (κ1) is 30.8. The van der Waals surface area contributed by atoms with Gasteiger partial charge in [-0.3, -0.25) is 15.0 Å². The van der Waals surface area contributed by atoms with Crippen molar-refractivity contribution in [3.8, 4) is 17.1 Å². The second-order valence-corrected chi connectivity index (χ2v) is 13.2. The number of hydrogen-bond acceptors (Lipinski definition) is 4. The third kappa shape index (κ3) is 13.4. The molecule has 1 fully saturated rings. The molecular weight excluding hydrogens is 482 g/mol. The van der Waals surface area contributed by atoms with Crippen molar-refractivity contribution in [2.75, 3.05) is 6.61 Å². The van der Waals surface area contributed by atoms with E-state index >= 15 is 0 Å².